The summed E-state index contributed by atoms with van der Waals surface area (Å²) < 4.78 is 34.7. The number of nitrogens with zero attached hydrogens (tertiary/aromatic N) is 10. The number of phenolic OH excluding ortho intramolecular Hbond substituents is 5. The fourth-order valence-corrected chi connectivity index (χ4v) is 19.2. The molecular weight excluding hydrogens is 1880 g/mol. The number of piperidine rings is 1. The number of pyridine rings is 5. The van der Waals surface area contributed by atoms with Crippen molar-refractivity contribution in [3.05, 3.63) is 267 Å². The van der Waals surface area contributed by atoms with Gasteiger partial charge in [-0.25, -0.2) is 0 Å². The molecule has 38 heteroatoms. The Hall–Kier alpha value is -14.0. The number of hydrogen-bond acceptors (Lipinski definition) is 33. The molecule has 5 atom stereocenters. The summed E-state index contributed by atoms with van der Waals surface area (Å²) in [5, 5.41) is 96.2. The number of likely N-dealkylation sites (tertiary alicyclic amines) is 2. The van der Waals surface area contributed by atoms with Gasteiger partial charge >= 0.3 is 0 Å². The Bertz CT molecular complexity index is 5730. The van der Waals surface area contributed by atoms with Crippen molar-refractivity contribution in [1.29, 1.82) is 0 Å². The Balaban J connectivity index is 0.000000171. The van der Waals surface area contributed by atoms with Crippen molar-refractivity contribution in [3.63, 3.8) is 0 Å². The van der Waals surface area contributed by atoms with Gasteiger partial charge in [0.1, 0.15) is 118 Å². The number of phenols is 5. The molecule has 36 nitrogen and oxygen atoms in total. The highest BCUT2D eigenvalue weighted by Crippen LogP contribution is 2.37. The fourth-order valence-electron chi connectivity index (χ4n) is 17.1. The van der Waals surface area contributed by atoms with Crippen molar-refractivity contribution in [2.75, 3.05) is 128 Å². The van der Waals surface area contributed by atoms with Gasteiger partial charge in [-0.1, -0.05) is 30.3 Å². The Morgan fingerprint density at radius 3 is 0.867 bits per heavy atom. The van der Waals surface area contributed by atoms with Crippen LogP contribution in [0.2, 0.25) is 0 Å². The number of ketones is 5. The summed E-state index contributed by atoms with van der Waals surface area (Å²) in [6.45, 7) is 10.6. The molecule has 0 unspecified atom stereocenters. The Morgan fingerprint density at radius 2 is 0.573 bits per heavy atom. The molecule has 143 heavy (non-hydrogen) atoms. The molecule has 10 heterocycles. The number of ether oxygens (including phenoxy) is 6. The molecule has 5 aliphatic heterocycles. The smallest absolute Gasteiger partial charge is 0.256 e. The minimum absolute atomic E-state index is 0.0742. The molecule has 5 amide bonds. The number of thioether (sulfide) groups is 2. The van der Waals surface area contributed by atoms with Crippen molar-refractivity contribution in [2.45, 2.75) is 129 Å². The second-order valence-electron chi connectivity index (χ2n) is 33.8. The van der Waals surface area contributed by atoms with Crippen LogP contribution < -0.4 is 23.7 Å². The summed E-state index contributed by atoms with van der Waals surface area (Å²) in [6.07, 6.45) is 13.6. The van der Waals surface area contributed by atoms with Crippen LogP contribution in [-0.2, 0) is 37.0 Å². The van der Waals surface area contributed by atoms with Crippen LogP contribution in [0.1, 0.15) is 199 Å². The third-order valence-electron chi connectivity index (χ3n) is 24.1. The zero-order chi connectivity index (χ0) is 103. The van der Waals surface area contributed by atoms with Gasteiger partial charge in [0, 0.05) is 139 Å². The zero-order valence-corrected chi connectivity index (χ0v) is 81.8. The molecule has 0 bridgehead atoms. The summed E-state index contributed by atoms with van der Waals surface area (Å²) in [5.74, 6) is 1.67. The van der Waals surface area contributed by atoms with Gasteiger partial charge in [0.15, 0.2) is 28.9 Å². The molecule has 0 radical (unpaired) electrons. The van der Waals surface area contributed by atoms with Crippen molar-refractivity contribution in [3.8, 4) is 57.5 Å². The van der Waals surface area contributed by atoms with Gasteiger partial charge in [-0.3, -0.25) is 72.9 Å². The van der Waals surface area contributed by atoms with Gasteiger partial charge in [-0.05, 0) is 188 Å². The summed E-state index contributed by atoms with van der Waals surface area (Å²) in [5.41, 5.74) is 5.60. The van der Waals surface area contributed by atoms with Crippen LogP contribution in [-0.4, -0.2) is 318 Å². The molecule has 0 aliphatic carbocycles. The number of carbonyl (C=O) groups is 10. The number of carbonyl (C=O) groups excluding carboxylic acids is 10. The van der Waals surface area contributed by atoms with Crippen LogP contribution in [0.4, 0.5) is 0 Å². The van der Waals surface area contributed by atoms with Crippen molar-refractivity contribution in [2.24, 2.45) is 0 Å². The van der Waals surface area contributed by atoms with E-state index in [4.69, 9.17) is 28.4 Å². The molecule has 5 fully saturated rings. The maximum atomic E-state index is 13.2. The molecule has 0 saturated carbocycles. The molecule has 0 spiro atoms. The second kappa shape index (κ2) is 54.9. The number of morpholine rings is 1. The third-order valence-corrected chi connectivity index (χ3v) is 26.3. The molecule has 5 aromatic heterocycles. The van der Waals surface area contributed by atoms with Crippen LogP contribution in [0.3, 0.4) is 0 Å². The summed E-state index contributed by atoms with van der Waals surface area (Å²) in [7, 11) is 0. The Morgan fingerprint density at radius 1 is 0.315 bits per heavy atom. The van der Waals surface area contributed by atoms with Crippen molar-refractivity contribution in [1.82, 2.24) is 49.4 Å². The highest BCUT2D eigenvalue weighted by molar-refractivity contribution is 7.99. The normalized spacial score (nSPS) is 16.5. The predicted octanol–water partition coefficient (Wildman–Crippen LogP) is 10.5. The average molecular weight is 2000 g/mol. The molecule has 758 valence electrons. The number of hydrogen-bond donors (Lipinski definition) is 10. The molecule has 5 aromatic carbocycles. The maximum Gasteiger partial charge on any atom is 0.256 e. The van der Waals surface area contributed by atoms with E-state index in [1.807, 2.05) is 0 Å². The minimum Gasteiger partial charge on any atom is -0.507 e. The molecular formula is C105H120N10O26S2. The first-order valence-corrected chi connectivity index (χ1v) is 49.2. The lowest BCUT2D eigenvalue weighted by Gasteiger charge is -2.36. The van der Waals surface area contributed by atoms with E-state index in [0.29, 0.717) is 156 Å². The lowest BCUT2D eigenvalue weighted by molar-refractivity contribution is -0.0152. The van der Waals surface area contributed by atoms with Crippen LogP contribution >= 0.6 is 23.5 Å². The minimum atomic E-state index is -0.393. The number of amides is 5. The standard InChI is InChI=1S/C22H26N2O5.2C21H24N2O5S.C21H24N2O5.C20H22N2O6/c1-15(26)21-19(27)8-4-9-20(21)29-14-16-6-2-3-12-24(16)22(28)17-7-5-11-23-18(17)10-13-25;2*1-14(25)20-18(26)5-2-6-19(20)28-12-15-13-29-11-9-23(15)21(27)16-4-3-8-22-17(16)7-10-24;1-14(25)20-18(26)7-2-8-19(20)28-13-15-5-4-11-23(15)21(27)16-6-3-10-22-17(16)9-12-24;1-13(24)19-17(25)5-2-6-18(19)28-12-14-11-27-9-8-22(14)20(26)15-4-3-7-21-16(15)10-23/h4-5,7-9,11,16,25,27H,2-3,6,10,12-14H2,1H3;2*2-6,8,15,24,26H,7,9-13H2,1H3;2-3,6-8,10,15,24,26H,4-5,9,11-13H2,1H3;2-7,14,23,25H,8-12H2,1H3/t16-;3*15-;14-/m01000/s1. The molecule has 10 N–H and O–H groups in total. The third kappa shape index (κ3) is 29.2. The van der Waals surface area contributed by atoms with E-state index in [2.05, 4.69) is 24.9 Å². The first kappa shape index (κ1) is 109. The second-order valence-corrected chi connectivity index (χ2v) is 36.1. The van der Waals surface area contributed by atoms with Gasteiger partial charge in [-0.15, -0.1) is 0 Å². The molecule has 5 aliphatic rings. The average Bonchev–Trinajstić information content (AvgIpc) is 1.81. The topological polar surface area (TPSA) is 509 Å². The quantitative estimate of drug-likeness (QED) is 0.0167. The van der Waals surface area contributed by atoms with Crippen molar-refractivity contribution < 1.29 is 127 Å². The SMILES string of the molecule is CC(=O)c1c(O)cccc1OC[C@@H]1CCCCN1C(=O)c1cccnc1CCO.CC(=O)c1c(O)cccc1OC[C@@H]1CCCN1C(=O)c1cccnc1CCO.CC(=O)c1c(O)cccc1OC[C@@H]1COCCN1C(=O)c1cccnc1CO.CC(=O)c1c(O)cccc1OC[C@@H]1CSCCN1C(=O)c1cccnc1CCO.CC(=O)c1c(O)cccc1OC[C@H]1CSCCN1C(=O)c1cccnc1CCO. The van der Waals surface area contributed by atoms with E-state index in [9.17, 15) is 99.0 Å². The van der Waals surface area contributed by atoms with Gasteiger partial charge in [0.05, 0.1) is 106 Å². The van der Waals surface area contributed by atoms with E-state index >= 15 is 0 Å². The first-order chi connectivity index (χ1) is 69.1. The first-order valence-electron chi connectivity index (χ1n) is 46.9. The zero-order valence-electron chi connectivity index (χ0n) is 80.2. The lowest BCUT2D eigenvalue weighted by atomic mass is 10.0. The number of benzene rings is 5. The molecule has 15 rings (SSSR count). The fraction of sp³-hybridized carbons (Fsp3) is 0.381. The summed E-state index contributed by atoms with van der Waals surface area (Å²) in [4.78, 5) is 155. The van der Waals surface area contributed by atoms with Crippen LogP contribution in [0.25, 0.3) is 0 Å². The summed E-state index contributed by atoms with van der Waals surface area (Å²) >= 11 is 3.47. The highest BCUT2D eigenvalue weighted by Gasteiger charge is 2.38. The van der Waals surface area contributed by atoms with E-state index in [-0.39, 0.29) is 218 Å². The maximum absolute atomic E-state index is 13.2. The van der Waals surface area contributed by atoms with Gasteiger partial charge in [-0.2, -0.15) is 23.5 Å². The number of Topliss-reactive ketones (excluding diaryl/α,β-unsaturated/α-hetero) is 5. The summed E-state index contributed by atoms with van der Waals surface area (Å²) in [6, 6.07) is 39.4. The van der Waals surface area contributed by atoms with E-state index < -0.39 is 6.04 Å². The van der Waals surface area contributed by atoms with Crippen molar-refractivity contribution >= 4 is 82.0 Å². The van der Waals surface area contributed by atoms with Gasteiger partial charge in [0.25, 0.3) is 29.5 Å². The van der Waals surface area contributed by atoms with E-state index in [0.717, 1.165) is 43.6 Å². The number of aliphatic hydroxyl groups is 5. The Kier molecular flexibility index (Phi) is 42.0. The number of aromatic hydroxyl groups is 5. The highest BCUT2D eigenvalue weighted by atomic mass is 32.2. The van der Waals surface area contributed by atoms with E-state index in [1.165, 1.54) is 71.1 Å². The largest absolute Gasteiger partial charge is 0.507 e. The monoisotopic (exact) mass is 2000 g/mol. The number of aromatic nitrogens is 5. The lowest BCUT2D eigenvalue weighted by Crippen LogP contribution is -2.51. The molecule has 10 aromatic rings. The predicted molar refractivity (Wildman–Crippen MR) is 531 cm³/mol. The van der Waals surface area contributed by atoms with Crippen LogP contribution in [0.5, 0.6) is 57.5 Å². The molecule has 5 saturated heterocycles. The van der Waals surface area contributed by atoms with Gasteiger partial charge in [0.2, 0.25) is 0 Å². The van der Waals surface area contributed by atoms with Crippen LogP contribution in [0, 0.1) is 0 Å². The number of aliphatic hydroxyl groups excluding tert-OH is 5. The van der Waals surface area contributed by atoms with Crippen LogP contribution in [0.15, 0.2) is 183 Å². The Labute approximate surface area is 836 Å². The van der Waals surface area contributed by atoms with E-state index in [1.54, 1.807) is 194 Å². The van der Waals surface area contributed by atoms with Gasteiger partial charge < -0.3 is 104 Å². The number of rotatable bonds is 34.